The maximum atomic E-state index is 12.5. The van der Waals surface area contributed by atoms with Gasteiger partial charge in [-0.15, -0.1) is 0 Å². The van der Waals surface area contributed by atoms with E-state index in [1.807, 2.05) is 10.8 Å². The Bertz CT molecular complexity index is 767. The first-order chi connectivity index (χ1) is 11.6. The highest BCUT2D eigenvalue weighted by Gasteiger charge is 2.26. The van der Waals surface area contributed by atoms with Gasteiger partial charge in [0, 0.05) is 43.3 Å². The van der Waals surface area contributed by atoms with Gasteiger partial charge in [0.1, 0.15) is 5.69 Å². The monoisotopic (exact) mass is 345 g/mol. The van der Waals surface area contributed by atoms with Crippen LogP contribution in [0.5, 0.6) is 0 Å². The minimum atomic E-state index is -1.17. The third-order valence-electron chi connectivity index (χ3n) is 3.85. The second-order valence-corrected chi connectivity index (χ2v) is 6.11. The largest absolute Gasteiger partial charge is 0.477 e. The molecule has 0 unspecified atom stereocenters. The molecule has 3 rings (SSSR count). The number of thiophene rings is 1. The summed E-state index contributed by atoms with van der Waals surface area (Å²) in [5.74, 6) is -1.45. The quantitative estimate of drug-likeness (QED) is 0.909. The average Bonchev–Trinajstić information content (AvgIpc) is 3.15. The number of hydrogen-bond donors (Lipinski definition) is 1. The van der Waals surface area contributed by atoms with Crippen LogP contribution in [-0.2, 0) is 0 Å². The number of piperazine rings is 1. The highest BCUT2D eigenvalue weighted by Crippen LogP contribution is 2.14. The van der Waals surface area contributed by atoms with Crippen molar-refractivity contribution in [1.82, 2.24) is 14.8 Å². The molecule has 0 spiro atoms. The topological polar surface area (TPSA) is 90.8 Å². The number of carbonyl (C=O) groups excluding carboxylic acids is 2. The Kier molecular flexibility index (Phi) is 4.57. The second-order valence-electron chi connectivity index (χ2n) is 5.33. The minimum Gasteiger partial charge on any atom is -0.477 e. The molecule has 1 aliphatic heterocycles. The fourth-order valence-corrected chi connectivity index (χ4v) is 3.17. The third kappa shape index (κ3) is 3.28. The molecule has 0 aromatic carbocycles. The molecule has 1 fully saturated rings. The van der Waals surface area contributed by atoms with E-state index >= 15 is 0 Å². The van der Waals surface area contributed by atoms with Crippen molar-refractivity contribution >= 4 is 29.1 Å². The van der Waals surface area contributed by atoms with Gasteiger partial charge in [0.2, 0.25) is 0 Å². The van der Waals surface area contributed by atoms with Gasteiger partial charge in [-0.2, -0.15) is 11.3 Å². The van der Waals surface area contributed by atoms with Gasteiger partial charge >= 0.3 is 5.97 Å². The number of amides is 2. The molecule has 0 bridgehead atoms. The Morgan fingerprint density at radius 2 is 1.62 bits per heavy atom. The van der Waals surface area contributed by atoms with Gasteiger partial charge in [0.05, 0.1) is 5.56 Å². The molecular weight excluding hydrogens is 330 g/mol. The van der Waals surface area contributed by atoms with Crippen LogP contribution in [-0.4, -0.2) is 63.9 Å². The maximum Gasteiger partial charge on any atom is 0.354 e. The number of pyridine rings is 1. The van der Waals surface area contributed by atoms with Crippen molar-refractivity contribution in [2.75, 3.05) is 26.2 Å². The summed E-state index contributed by atoms with van der Waals surface area (Å²) in [6.07, 6.45) is 1.31. The first-order valence-electron chi connectivity index (χ1n) is 7.36. The summed E-state index contributed by atoms with van der Waals surface area (Å²) in [5.41, 5.74) is 0.798. The smallest absolute Gasteiger partial charge is 0.354 e. The summed E-state index contributed by atoms with van der Waals surface area (Å²) < 4.78 is 0. The van der Waals surface area contributed by atoms with Gasteiger partial charge in [-0.05, 0) is 23.6 Å². The summed E-state index contributed by atoms with van der Waals surface area (Å²) in [7, 11) is 0. The number of carbonyl (C=O) groups is 3. The summed E-state index contributed by atoms with van der Waals surface area (Å²) in [5, 5.41) is 12.6. The molecule has 0 aliphatic carbocycles. The number of nitrogens with zero attached hydrogens (tertiary/aromatic N) is 3. The standard InChI is InChI=1S/C16H15N3O4S/c20-14(11-1-3-17-13(9-11)16(22)23)18-4-6-19(7-5-18)15(21)12-2-8-24-10-12/h1-3,8-10H,4-7H2,(H,22,23). The van der Waals surface area contributed by atoms with Crippen LogP contribution in [0.4, 0.5) is 0 Å². The Hall–Kier alpha value is -2.74. The molecule has 24 heavy (non-hydrogen) atoms. The first kappa shape index (κ1) is 16.1. The van der Waals surface area contributed by atoms with Gasteiger partial charge < -0.3 is 14.9 Å². The number of hydrogen-bond acceptors (Lipinski definition) is 5. The molecule has 2 amide bonds. The van der Waals surface area contributed by atoms with Gasteiger partial charge in [0.15, 0.2) is 0 Å². The van der Waals surface area contributed by atoms with E-state index < -0.39 is 5.97 Å². The predicted molar refractivity (Wildman–Crippen MR) is 87.3 cm³/mol. The van der Waals surface area contributed by atoms with Crippen LogP contribution >= 0.6 is 11.3 Å². The molecule has 7 nitrogen and oxygen atoms in total. The van der Waals surface area contributed by atoms with Crippen LogP contribution in [0.1, 0.15) is 31.2 Å². The molecule has 2 aromatic rings. The van der Waals surface area contributed by atoms with Crippen molar-refractivity contribution < 1.29 is 19.5 Å². The molecule has 0 radical (unpaired) electrons. The summed E-state index contributed by atoms with van der Waals surface area (Å²) in [6.45, 7) is 1.74. The highest BCUT2D eigenvalue weighted by molar-refractivity contribution is 7.08. The zero-order valence-electron chi connectivity index (χ0n) is 12.7. The highest BCUT2D eigenvalue weighted by atomic mass is 32.1. The zero-order chi connectivity index (χ0) is 17.1. The molecule has 8 heteroatoms. The van der Waals surface area contributed by atoms with Crippen LogP contribution in [0.3, 0.4) is 0 Å². The summed E-state index contributed by atoms with van der Waals surface area (Å²) in [6, 6.07) is 4.56. The molecule has 0 saturated carbocycles. The molecule has 124 valence electrons. The van der Waals surface area contributed by atoms with Crippen molar-refractivity contribution in [3.63, 3.8) is 0 Å². The zero-order valence-corrected chi connectivity index (χ0v) is 13.5. The average molecular weight is 345 g/mol. The third-order valence-corrected chi connectivity index (χ3v) is 4.53. The lowest BCUT2D eigenvalue weighted by Crippen LogP contribution is -2.50. The van der Waals surface area contributed by atoms with Gasteiger partial charge in [-0.3, -0.25) is 9.59 Å². The normalized spacial score (nSPS) is 14.5. The lowest BCUT2D eigenvalue weighted by Gasteiger charge is -2.34. The van der Waals surface area contributed by atoms with Gasteiger partial charge in [-0.25, -0.2) is 9.78 Å². The minimum absolute atomic E-state index is 0.0274. The predicted octanol–water partition coefficient (Wildman–Crippen LogP) is 1.44. The molecule has 1 aliphatic rings. The van der Waals surface area contributed by atoms with E-state index in [4.69, 9.17) is 5.11 Å². The molecule has 2 aromatic heterocycles. The van der Waals surface area contributed by atoms with Crippen LogP contribution in [0.25, 0.3) is 0 Å². The lowest BCUT2D eigenvalue weighted by molar-refractivity contribution is 0.0535. The molecule has 1 N–H and O–H groups in total. The van der Waals surface area contributed by atoms with E-state index in [0.29, 0.717) is 37.3 Å². The lowest BCUT2D eigenvalue weighted by atomic mass is 10.1. The van der Waals surface area contributed by atoms with Gasteiger partial charge in [0.25, 0.3) is 11.8 Å². The number of aromatic nitrogens is 1. The molecule has 1 saturated heterocycles. The fraction of sp³-hybridized carbons (Fsp3) is 0.250. The first-order valence-corrected chi connectivity index (χ1v) is 8.30. The number of carboxylic acid groups (broad SMARTS) is 1. The second kappa shape index (κ2) is 6.79. The summed E-state index contributed by atoms with van der Waals surface area (Å²) in [4.78, 5) is 42.8. The van der Waals surface area contributed by atoms with Crippen LogP contribution < -0.4 is 0 Å². The van der Waals surface area contributed by atoms with E-state index in [1.165, 1.54) is 29.7 Å². The van der Waals surface area contributed by atoms with Crippen molar-refractivity contribution in [1.29, 1.82) is 0 Å². The van der Waals surface area contributed by atoms with Crippen molar-refractivity contribution in [3.05, 3.63) is 52.0 Å². The van der Waals surface area contributed by atoms with Crippen molar-refractivity contribution in [2.24, 2.45) is 0 Å². The van der Waals surface area contributed by atoms with Crippen LogP contribution in [0.15, 0.2) is 35.2 Å². The number of aromatic carboxylic acids is 1. The molecule has 0 atom stereocenters. The van der Waals surface area contributed by atoms with E-state index in [1.54, 1.807) is 15.9 Å². The molecular formula is C16H15N3O4S. The fourth-order valence-electron chi connectivity index (χ4n) is 2.54. The van der Waals surface area contributed by atoms with E-state index in [2.05, 4.69) is 4.98 Å². The molecule has 3 heterocycles. The Labute approximate surface area is 142 Å². The van der Waals surface area contributed by atoms with E-state index in [9.17, 15) is 14.4 Å². The maximum absolute atomic E-state index is 12.5. The number of carboxylic acids is 1. The Morgan fingerprint density at radius 3 is 2.17 bits per heavy atom. The Balaban J connectivity index is 1.64. The van der Waals surface area contributed by atoms with Crippen molar-refractivity contribution in [3.8, 4) is 0 Å². The SMILES string of the molecule is O=C(O)c1cc(C(=O)N2CCN(C(=O)c3ccsc3)CC2)ccn1. The number of rotatable bonds is 3. The van der Waals surface area contributed by atoms with Gasteiger partial charge in [-0.1, -0.05) is 0 Å². The Morgan fingerprint density at radius 1 is 1.00 bits per heavy atom. The van der Waals surface area contributed by atoms with Crippen LogP contribution in [0, 0.1) is 0 Å². The van der Waals surface area contributed by atoms with E-state index in [0.717, 1.165) is 0 Å². The summed E-state index contributed by atoms with van der Waals surface area (Å²) >= 11 is 1.47. The van der Waals surface area contributed by atoms with E-state index in [-0.39, 0.29) is 17.5 Å². The van der Waals surface area contributed by atoms with Crippen LogP contribution in [0.2, 0.25) is 0 Å². The van der Waals surface area contributed by atoms with Crippen molar-refractivity contribution in [2.45, 2.75) is 0 Å².